The minimum absolute atomic E-state index is 0.144. The monoisotopic (exact) mass is 436 g/mol. The van der Waals surface area contributed by atoms with E-state index in [2.05, 4.69) is 26.5 Å². The largest absolute Gasteiger partial charge is 0.493 e. The van der Waals surface area contributed by atoms with E-state index in [1.54, 1.807) is 18.2 Å². The van der Waals surface area contributed by atoms with E-state index >= 15 is 0 Å². The fourth-order valence-corrected chi connectivity index (χ4v) is 2.78. The van der Waals surface area contributed by atoms with Crippen LogP contribution in [-0.4, -0.2) is 40.1 Å². The fraction of sp³-hybridized carbons (Fsp3) is 0.263. The van der Waals surface area contributed by atoms with Crippen LogP contribution in [0.2, 0.25) is 0 Å². The highest BCUT2D eigenvalue weighted by Gasteiger charge is 2.12. The first-order valence-electron chi connectivity index (χ1n) is 7.99. The van der Waals surface area contributed by atoms with Crippen LogP contribution in [-0.2, 0) is 4.79 Å². The van der Waals surface area contributed by atoms with Gasteiger partial charge in [0.15, 0.2) is 18.1 Å². The van der Waals surface area contributed by atoms with Crippen molar-refractivity contribution in [3.63, 3.8) is 0 Å². The van der Waals surface area contributed by atoms with Crippen molar-refractivity contribution in [3.05, 3.63) is 45.9 Å². The number of ether oxygens (including phenoxy) is 4. The molecule has 0 aliphatic heterocycles. The van der Waals surface area contributed by atoms with Crippen molar-refractivity contribution in [1.82, 2.24) is 5.43 Å². The van der Waals surface area contributed by atoms with Gasteiger partial charge >= 0.3 is 0 Å². The van der Waals surface area contributed by atoms with E-state index in [0.717, 1.165) is 10.0 Å². The highest BCUT2D eigenvalue weighted by Crippen LogP contribution is 2.37. The zero-order chi connectivity index (χ0) is 19.8. The number of halogens is 1. The highest BCUT2D eigenvalue weighted by molar-refractivity contribution is 9.10. The van der Waals surface area contributed by atoms with E-state index in [1.807, 2.05) is 19.1 Å². The summed E-state index contributed by atoms with van der Waals surface area (Å²) >= 11 is 3.38. The first-order valence-corrected chi connectivity index (χ1v) is 8.78. The minimum Gasteiger partial charge on any atom is -0.493 e. The molecule has 0 fully saturated rings. The molecule has 0 atom stereocenters. The smallest absolute Gasteiger partial charge is 0.277 e. The van der Waals surface area contributed by atoms with Crippen LogP contribution in [0.5, 0.6) is 23.0 Å². The van der Waals surface area contributed by atoms with Gasteiger partial charge < -0.3 is 18.9 Å². The van der Waals surface area contributed by atoms with Gasteiger partial charge in [-0.3, -0.25) is 4.79 Å². The number of aryl methyl sites for hydroxylation is 1. The molecule has 0 unspecified atom stereocenters. The molecular formula is C19H21BrN2O5. The SMILES string of the molecule is COc1cc(C=NNC(=O)COc2ccc(Br)cc2C)cc(OC)c1OC. The topological polar surface area (TPSA) is 78.4 Å². The number of amides is 1. The van der Waals surface area contributed by atoms with E-state index in [0.29, 0.717) is 28.6 Å². The van der Waals surface area contributed by atoms with Crippen LogP contribution in [0, 0.1) is 6.92 Å². The van der Waals surface area contributed by atoms with E-state index in [1.165, 1.54) is 27.5 Å². The van der Waals surface area contributed by atoms with Gasteiger partial charge in [-0.1, -0.05) is 15.9 Å². The molecule has 1 amide bonds. The maximum Gasteiger partial charge on any atom is 0.277 e. The Morgan fingerprint density at radius 1 is 1.07 bits per heavy atom. The molecular weight excluding hydrogens is 416 g/mol. The standard InChI is InChI=1S/C19H21BrN2O5/c1-12-7-14(20)5-6-15(12)27-11-18(23)22-21-10-13-8-16(24-2)19(26-4)17(9-13)25-3/h5-10H,11H2,1-4H3,(H,22,23). The minimum atomic E-state index is -0.374. The average molecular weight is 437 g/mol. The van der Waals surface area contributed by atoms with E-state index in [4.69, 9.17) is 18.9 Å². The molecule has 8 heteroatoms. The lowest BCUT2D eigenvalue weighted by molar-refractivity contribution is -0.123. The Bertz CT molecular complexity index is 814. The third-order valence-corrected chi connectivity index (χ3v) is 4.08. The lowest BCUT2D eigenvalue weighted by Crippen LogP contribution is -2.24. The molecule has 0 aliphatic rings. The van der Waals surface area contributed by atoms with E-state index in [9.17, 15) is 4.79 Å². The summed E-state index contributed by atoms with van der Waals surface area (Å²) in [6.07, 6.45) is 1.48. The number of methoxy groups -OCH3 is 3. The van der Waals surface area contributed by atoms with Crippen molar-refractivity contribution in [2.24, 2.45) is 5.10 Å². The lowest BCUT2D eigenvalue weighted by atomic mass is 10.2. The van der Waals surface area contributed by atoms with Gasteiger partial charge in [0, 0.05) is 10.0 Å². The molecule has 0 radical (unpaired) electrons. The molecule has 7 nitrogen and oxygen atoms in total. The van der Waals surface area contributed by atoms with Gasteiger partial charge in [-0.25, -0.2) is 5.43 Å². The summed E-state index contributed by atoms with van der Waals surface area (Å²) in [5, 5.41) is 3.93. The maximum atomic E-state index is 11.9. The summed E-state index contributed by atoms with van der Waals surface area (Å²) in [7, 11) is 4.59. The number of hydrazone groups is 1. The Hall–Kier alpha value is -2.74. The van der Waals surface area contributed by atoms with Crippen LogP contribution in [0.15, 0.2) is 39.9 Å². The fourth-order valence-electron chi connectivity index (χ4n) is 2.31. The van der Waals surface area contributed by atoms with Crippen molar-refractivity contribution in [2.75, 3.05) is 27.9 Å². The second kappa shape index (κ2) is 9.82. The van der Waals surface area contributed by atoms with Crippen LogP contribution in [0.1, 0.15) is 11.1 Å². The summed E-state index contributed by atoms with van der Waals surface area (Å²) in [6.45, 7) is 1.76. The maximum absolute atomic E-state index is 11.9. The molecule has 2 aromatic carbocycles. The molecule has 0 spiro atoms. The number of hydrogen-bond acceptors (Lipinski definition) is 6. The van der Waals surface area contributed by atoms with Crippen LogP contribution in [0.3, 0.4) is 0 Å². The van der Waals surface area contributed by atoms with Gasteiger partial charge in [0.2, 0.25) is 5.75 Å². The Labute approximate surface area is 166 Å². The molecule has 27 heavy (non-hydrogen) atoms. The molecule has 0 saturated heterocycles. The van der Waals surface area contributed by atoms with Crippen LogP contribution < -0.4 is 24.4 Å². The predicted molar refractivity (Wildman–Crippen MR) is 106 cm³/mol. The summed E-state index contributed by atoms with van der Waals surface area (Å²) < 4.78 is 22.3. The third-order valence-electron chi connectivity index (χ3n) is 3.59. The van der Waals surface area contributed by atoms with Crippen molar-refractivity contribution in [2.45, 2.75) is 6.92 Å². The van der Waals surface area contributed by atoms with Crippen molar-refractivity contribution >= 4 is 28.1 Å². The summed E-state index contributed by atoms with van der Waals surface area (Å²) in [5.74, 6) is 1.75. The van der Waals surface area contributed by atoms with Crippen molar-refractivity contribution in [1.29, 1.82) is 0 Å². The number of rotatable bonds is 8. The predicted octanol–water partition coefficient (Wildman–Crippen LogP) is 3.31. The second-order valence-electron chi connectivity index (χ2n) is 5.45. The van der Waals surface area contributed by atoms with Crippen LogP contribution >= 0.6 is 15.9 Å². The lowest BCUT2D eigenvalue weighted by Gasteiger charge is -2.12. The third kappa shape index (κ3) is 5.62. The van der Waals surface area contributed by atoms with Gasteiger partial charge in [-0.2, -0.15) is 5.10 Å². The first-order chi connectivity index (χ1) is 13.0. The van der Waals surface area contributed by atoms with Crippen molar-refractivity contribution in [3.8, 4) is 23.0 Å². The molecule has 0 aliphatic carbocycles. The highest BCUT2D eigenvalue weighted by atomic mass is 79.9. The van der Waals surface area contributed by atoms with Gasteiger partial charge in [-0.15, -0.1) is 0 Å². The normalized spacial score (nSPS) is 10.6. The van der Waals surface area contributed by atoms with Gasteiger partial charge in [0.1, 0.15) is 5.75 Å². The number of benzene rings is 2. The Morgan fingerprint density at radius 2 is 1.74 bits per heavy atom. The zero-order valence-corrected chi connectivity index (χ0v) is 17.1. The van der Waals surface area contributed by atoms with Gasteiger partial charge in [0.25, 0.3) is 5.91 Å². The van der Waals surface area contributed by atoms with Crippen LogP contribution in [0.4, 0.5) is 0 Å². The van der Waals surface area contributed by atoms with Crippen LogP contribution in [0.25, 0.3) is 0 Å². The number of nitrogens with zero attached hydrogens (tertiary/aromatic N) is 1. The Kier molecular flexibility index (Phi) is 7.48. The Balaban J connectivity index is 1.97. The average Bonchev–Trinajstić information content (AvgIpc) is 2.66. The quantitative estimate of drug-likeness (QED) is 0.507. The number of carbonyl (C=O) groups is 1. The first kappa shape index (κ1) is 20.6. The number of hydrogen-bond donors (Lipinski definition) is 1. The summed E-state index contributed by atoms with van der Waals surface area (Å²) in [5.41, 5.74) is 4.02. The van der Waals surface area contributed by atoms with Gasteiger partial charge in [-0.05, 0) is 42.8 Å². The molecule has 1 N–H and O–H groups in total. The zero-order valence-electron chi connectivity index (χ0n) is 15.5. The molecule has 0 bridgehead atoms. The molecule has 2 aromatic rings. The van der Waals surface area contributed by atoms with Crippen molar-refractivity contribution < 1.29 is 23.7 Å². The Morgan fingerprint density at radius 3 is 2.30 bits per heavy atom. The molecule has 0 heterocycles. The molecule has 144 valence electrons. The summed E-state index contributed by atoms with van der Waals surface area (Å²) in [4.78, 5) is 11.9. The number of carbonyl (C=O) groups excluding carboxylic acids is 1. The number of nitrogens with one attached hydrogen (secondary N) is 1. The summed E-state index contributed by atoms with van der Waals surface area (Å²) in [6, 6.07) is 9.00. The van der Waals surface area contributed by atoms with E-state index in [-0.39, 0.29) is 12.5 Å². The molecule has 0 saturated carbocycles. The van der Waals surface area contributed by atoms with Gasteiger partial charge in [0.05, 0.1) is 27.5 Å². The van der Waals surface area contributed by atoms with E-state index < -0.39 is 0 Å². The molecule has 2 rings (SSSR count). The molecule has 0 aromatic heterocycles. The second-order valence-corrected chi connectivity index (χ2v) is 6.37.